The van der Waals surface area contributed by atoms with Gasteiger partial charge in [-0.2, -0.15) is 0 Å². The molecule has 0 aliphatic heterocycles. The van der Waals surface area contributed by atoms with Crippen LogP contribution in [0.2, 0.25) is 0 Å². The summed E-state index contributed by atoms with van der Waals surface area (Å²) in [6, 6.07) is 16.6. The van der Waals surface area contributed by atoms with Crippen molar-refractivity contribution in [1.82, 2.24) is 0 Å². The monoisotopic (exact) mass is 269 g/mol. The number of hydrogen-bond acceptors (Lipinski definition) is 2. The van der Waals surface area contributed by atoms with Gasteiger partial charge in [0.15, 0.2) is 0 Å². The normalized spacial score (nSPS) is 10.6. The molecular formula is C18H23NO. The lowest BCUT2D eigenvalue weighted by molar-refractivity contribution is 0.328. The van der Waals surface area contributed by atoms with Gasteiger partial charge in [0.1, 0.15) is 12.4 Å². The Morgan fingerprint density at radius 3 is 2.60 bits per heavy atom. The molecule has 0 fully saturated rings. The Kier molecular flexibility index (Phi) is 5.05. The van der Waals surface area contributed by atoms with Crippen LogP contribution < -0.4 is 10.1 Å². The third-order valence-corrected chi connectivity index (χ3v) is 3.25. The van der Waals surface area contributed by atoms with E-state index in [0.717, 1.165) is 18.0 Å². The molecule has 0 spiro atoms. The number of para-hydroxylation sites is 1. The summed E-state index contributed by atoms with van der Waals surface area (Å²) >= 11 is 0. The van der Waals surface area contributed by atoms with Gasteiger partial charge in [0.05, 0.1) is 0 Å². The van der Waals surface area contributed by atoms with Crippen LogP contribution >= 0.6 is 0 Å². The smallest absolute Gasteiger partial charge is 0.122 e. The minimum absolute atomic E-state index is 0.482. The third kappa shape index (κ3) is 4.02. The van der Waals surface area contributed by atoms with Gasteiger partial charge >= 0.3 is 0 Å². The Labute approximate surface area is 121 Å². The van der Waals surface area contributed by atoms with E-state index >= 15 is 0 Å². The Morgan fingerprint density at radius 1 is 1.05 bits per heavy atom. The van der Waals surface area contributed by atoms with Crippen molar-refractivity contribution in [2.45, 2.75) is 26.7 Å². The van der Waals surface area contributed by atoms with Crippen LogP contribution in [0.1, 0.15) is 30.9 Å². The summed E-state index contributed by atoms with van der Waals surface area (Å²) in [5.74, 6) is 1.48. The molecule has 2 aromatic rings. The zero-order valence-electron chi connectivity index (χ0n) is 12.5. The molecule has 0 aliphatic carbocycles. The maximum Gasteiger partial charge on any atom is 0.122 e. The molecular weight excluding hydrogens is 246 g/mol. The van der Waals surface area contributed by atoms with Crippen molar-refractivity contribution in [3.05, 3.63) is 59.7 Å². The summed E-state index contributed by atoms with van der Waals surface area (Å²) < 4.78 is 5.89. The molecule has 0 aromatic heterocycles. The van der Waals surface area contributed by atoms with E-state index in [4.69, 9.17) is 4.74 Å². The number of anilines is 1. The summed E-state index contributed by atoms with van der Waals surface area (Å²) in [6.07, 6.45) is 0. The van der Waals surface area contributed by atoms with Gasteiger partial charge in [0.25, 0.3) is 0 Å². The maximum atomic E-state index is 5.89. The quantitative estimate of drug-likeness (QED) is 0.773. The second kappa shape index (κ2) is 6.99. The van der Waals surface area contributed by atoms with E-state index in [1.807, 2.05) is 12.1 Å². The van der Waals surface area contributed by atoms with Crippen LogP contribution in [0.3, 0.4) is 0 Å². The molecule has 20 heavy (non-hydrogen) atoms. The third-order valence-electron chi connectivity index (χ3n) is 3.25. The Balaban J connectivity index is 1.84. The highest BCUT2D eigenvalue weighted by atomic mass is 16.5. The second-order valence-corrected chi connectivity index (χ2v) is 5.34. The molecule has 0 heterocycles. The fraction of sp³-hybridized carbons (Fsp3) is 0.333. The first-order valence-electron chi connectivity index (χ1n) is 7.19. The van der Waals surface area contributed by atoms with Crippen LogP contribution in [-0.2, 0) is 0 Å². The number of ether oxygens (including phenoxy) is 1. The lowest BCUT2D eigenvalue weighted by Gasteiger charge is -2.14. The van der Waals surface area contributed by atoms with Crippen LogP contribution in [0.15, 0.2) is 48.5 Å². The fourth-order valence-electron chi connectivity index (χ4n) is 2.20. The molecule has 1 N–H and O–H groups in total. The lowest BCUT2D eigenvalue weighted by atomic mass is 10.0. The number of aryl methyl sites for hydroxylation is 1. The molecule has 2 rings (SSSR count). The number of hydrogen-bond donors (Lipinski definition) is 1. The van der Waals surface area contributed by atoms with Crippen LogP contribution in [0.5, 0.6) is 5.75 Å². The van der Waals surface area contributed by atoms with Crippen molar-refractivity contribution in [2.75, 3.05) is 18.5 Å². The topological polar surface area (TPSA) is 21.3 Å². The average molecular weight is 269 g/mol. The first-order chi connectivity index (χ1) is 9.66. The molecule has 0 unspecified atom stereocenters. The summed E-state index contributed by atoms with van der Waals surface area (Å²) in [7, 11) is 0. The van der Waals surface area contributed by atoms with E-state index < -0.39 is 0 Å². The molecule has 0 atom stereocenters. The van der Waals surface area contributed by atoms with E-state index in [-0.39, 0.29) is 0 Å². The molecule has 0 saturated carbocycles. The van der Waals surface area contributed by atoms with E-state index in [9.17, 15) is 0 Å². The van der Waals surface area contributed by atoms with Gasteiger partial charge in [-0.05, 0) is 42.2 Å². The van der Waals surface area contributed by atoms with Crippen molar-refractivity contribution < 1.29 is 4.74 Å². The van der Waals surface area contributed by atoms with Crippen molar-refractivity contribution in [3.63, 3.8) is 0 Å². The van der Waals surface area contributed by atoms with E-state index in [1.165, 1.54) is 11.1 Å². The molecule has 0 bridgehead atoms. The van der Waals surface area contributed by atoms with Crippen LogP contribution in [-0.4, -0.2) is 13.2 Å². The van der Waals surface area contributed by atoms with Gasteiger partial charge in [0, 0.05) is 12.2 Å². The highest BCUT2D eigenvalue weighted by molar-refractivity contribution is 5.45. The predicted octanol–water partition coefficient (Wildman–Crippen LogP) is 4.61. The van der Waals surface area contributed by atoms with Crippen LogP contribution in [0, 0.1) is 6.92 Å². The summed E-state index contributed by atoms with van der Waals surface area (Å²) in [6.45, 7) is 7.94. The van der Waals surface area contributed by atoms with Crippen molar-refractivity contribution in [3.8, 4) is 5.75 Å². The summed E-state index contributed by atoms with van der Waals surface area (Å²) in [5, 5.41) is 3.38. The highest BCUT2D eigenvalue weighted by Crippen LogP contribution is 2.25. The zero-order chi connectivity index (χ0) is 14.4. The molecule has 0 saturated heterocycles. The number of nitrogens with one attached hydrogen (secondary N) is 1. The van der Waals surface area contributed by atoms with Gasteiger partial charge in [0.2, 0.25) is 0 Å². The molecule has 2 aromatic carbocycles. The number of benzene rings is 2. The van der Waals surface area contributed by atoms with Crippen LogP contribution in [0.4, 0.5) is 5.69 Å². The standard InChI is InChI=1S/C18H23NO/c1-14(2)17-9-4-5-10-18(17)20-12-11-19-16-8-6-7-15(3)13-16/h4-10,13-14,19H,11-12H2,1-3H3. The minimum Gasteiger partial charge on any atom is -0.491 e. The van der Waals surface area contributed by atoms with Crippen molar-refractivity contribution in [2.24, 2.45) is 0 Å². The molecule has 106 valence electrons. The van der Waals surface area contributed by atoms with Crippen molar-refractivity contribution in [1.29, 1.82) is 0 Å². The Hall–Kier alpha value is -1.96. The van der Waals surface area contributed by atoms with Gasteiger partial charge in [-0.1, -0.05) is 44.2 Å². The van der Waals surface area contributed by atoms with E-state index in [2.05, 4.69) is 62.5 Å². The maximum absolute atomic E-state index is 5.89. The molecule has 0 aliphatic rings. The summed E-state index contributed by atoms with van der Waals surface area (Å²) in [4.78, 5) is 0. The first kappa shape index (κ1) is 14.4. The average Bonchev–Trinajstić information content (AvgIpc) is 2.44. The molecule has 0 amide bonds. The SMILES string of the molecule is Cc1cccc(NCCOc2ccccc2C(C)C)c1. The first-order valence-corrected chi connectivity index (χ1v) is 7.19. The Morgan fingerprint density at radius 2 is 1.85 bits per heavy atom. The fourth-order valence-corrected chi connectivity index (χ4v) is 2.20. The zero-order valence-corrected chi connectivity index (χ0v) is 12.5. The van der Waals surface area contributed by atoms with E-state index in [0.29, 0.717) is 12.5 Å². The van der Waals surface area contributed by atoms with Gasteiger partial charge < -0.3 is 10.1 Å². The van der Waals surface area contributed by atoms with Crippen molar-refractivity contribution >= 4 is 5.69 Å². The van der Waals surface area contributed by atoms with Crippen LogP contribution in [0.25, 0.3) is 0 Å². The van der Waals surface area contributed by atoms with Gasteiger partial charge in [-0.3, -0.25) is 0 Å². The predicted molar refractivity (Wildman–Crippen MR) is 85.7 cm³/mol. The molecule has 2 heteroatoms. The van der Waals surface area contributed by atoms with E-state index in [1.54, 1.807) is 0 Å². The largest absolute Gasteiger partial charge is 0.491 e. The minimum atomic E-state index is 0.482. The van der Waals surface area contributed by atoms with Gasteiger partial charge in [-0.25, -0.2) is 0 Å². The molecule has 0 radical (unpaired) electrons. The Bertz CT molecular complexity index is 549. The number of rotatable bonds is 6. The van der Waals surface area contributed by atoms with Gasteiger partial charge in [-0.15, -0.1) is 0 Å². The highest BCUT2D eigenvalue weighted by Gasteiger charge is 2.06. The second-order valence-electron chi connectivity index (χ2n) is 5.34. The lowest BCUT2D eigenvalue weighted by Crippen LogP contribution is -2.12. The summed E-state index contributed by atoms with van der Waals surface area (Å²) in [5.41, 5.74) is 3.68. The molecule has 2 nitrogen and oxygen atoms in total.